The lowest BCUT2D eigenvalue weighted by atomic mass is 10.1. The molecule has 7 nitrogen and oxygen atoms in total. The Balaban J connectivity index is 1.19. The second-order valence-corrected chi connectivity index (χ2v) is 9.47. The minimum absolute atomic E-state index is 0.0196. The Morgan fingerprint density at radius 1 is 1.00 bits per heavy atom. The highest BCUT2D eigenvalue weighted by Crippen LogP contribution is 2.30. The van der Waals surface area contributed by atoms with Crippen LogP contribution in [0.2, 0.25) is 0 Å². The van der Waals surface area contributed by atoms with Crippen LogP contribution >= 0.6 is 11.3 Å². The molecule has 1 aromatic heterocycles. The summed E-state index contributed by atoms with van der Waals surface area (Å²) in [6, 6.07) is 16.8. The Kier molecular flexibility index (Phi) is 6.26. The van der Waals surface area contributed by atoms with Gasteiger partial charge in [0.25, 0.3) is 5.91 Å². The number of carbonyl (C=O) groups is 2. The van der Waals surface area contributed by atoms with Crippen molar-refractivity contribution in [1.82, 2.24) is 15.2 Å². The van der Waals surface area contributed by atoms with Gasteiger partial charge in [0.05, 0.1) is 12.2 Å². The minimum atomic E-state index is -0.196. The van der Waals surface area contributed by atoms with E-state index in [4.69, 9.17) is 4.74 Å². The first-order chi connectivity index (χ1) is 16.1. The third kappa shape index (κ3) is 5.17. The molecule has 0 atom stereocenters. The lowest BCUT2D eigenvalue weighted by Crippen LogP contribution is -2.36. The van der Waals surface area contributed by atoms with Crippen LogP contribution in [0.1, 0.15) is 46.6 Å². The summed E-state index contributed by atoms with van der Waals surface area (Å²) in [7, 11) is 0. The van der Waals surface area contributed by atoms with Gasteiger partial charge in [-0.05, 0) is 49.2 Å². The Morgan fingerprint density at radius 2 is 1.73 bits per heavy atom. The molecule has 170 valence electrons. The van der Waals surface area contributed by atoms with Crippen LogP contribution < -0.4 is 15.4 Å². The summed E-state index contributed by atoms with van der Waals surface area (Å²) in [5.41, 5.74) is 1.59. The number of benzene rings is 2. The van der Waals surface area contributed by atoms with E-state index in [1.54, 1.807) is 12.1 Å². The molecule has 2 heterocycles. The van der Waals surface area contributed by atoms with Crippen molar-refractivity contribution in [3.05, 3.63) is 70.7 Å². The molecule has 2 aromatic carbocycles. The van der Waals surface area contributed by atoms with Gasteiger partial charge in [0, 0.05) is 29.4 Å². The number of carbonyl (C=O) groups excluding carboxylic acids is 2. The van der Waals surface area contributed by atoms with Crippen molar-refractivity contribution in [3.63, 3.8) is 0 Å². The number of para-hydroxylation sites is 1. The lowest BCUT2D eigenvalue weighted by Gasteiger charge is -2.26. The fraction of sp³-hybridized carbons (Fsp3) is 0.320. The zero-order valence-corrected chi connectivity index (χ0v) is 19.1. The van der Waals surface area contributed by atoms with Crippen molar-refractivity contribution in [2.75, 3.05) is 11.9 Å². The number of nitrogens with zero attached hydrogens (tertiary/aromatic N) is 2. The lowest BCUT2D eigenvalue weighted by molar-refractivity contribution is 0.0736. The highest BCUT2D eigenvalue weighted by Gasteiger charge is 2.26. The van der Waals surface area contributed by atoms with Gasteiger partial charge in [-0.15, -0.1) is 0 Å². The van der Waals surface area contributed by atoms with E-state index in [1.165, 1.54) is 24.2 Å². The third-order valence-electron chi connectivity index (χ3n) is 6.01. The number of thiazole rings is 1. The van der Waals surface area contributed by atoms with Crippen LogP contribution in [0.5, 0.6) is 11.5 Å². The molecular weight excluding hydrogens is 436 g/mol. The van der Waals surface area contributed by atoms with Crippen LogP contribution in [-0.2, 0) is 13.0 Å². The van der Waals surface area contributed by atoms with E-state index in [1.807, 2.05) is 47.4 Å². The maximum atomic E-state index is 13.0. The van der Waals surface area contributed by atoms with Crippen molar-refractivity contribution in [3.8, 4) is 11.5 Å². The summed E-state index contributed by atoms with van der Waals surface area (Å²) >= 11 is 1.44. The molecule has 0 radical (unpaired) electrons. The van der Waals surface area contributed by atoms with Crippen molar-refractivity contribution < 1.29 is 14.3 Å². The molecule has 2 aliphatic rings. The number of amides is 3. The number of fused-ring (bicyclic) bond motifs is 1. The monoisotopic (exact) mass is 462 g/mol. The summed E-state index contributed by atoms with van der Waals surface area (Å²) < 4.78 is 5.81. The smallest absolute Gasteiger partial charge is 0.321 e. The summed E-state index contributed by atoms with van der Waals surface area (Å²) in [6.45, 7) is 1.10. The van der Waals surface area contributed by atoms with Crippen molar-refractivity contribution >= 4 is 28.4 Å². The molecule has 0 bridgehead atoms. The van der Waals surface area contributed by atoms with Gasteiger partial charge in [0.15, 0.2) is 5.13 Å². The Hall–Kier alpha value is -3.39. The van der Waals surface area contributed by atoms with Crippen LogP contribution in [0.25, 0.3) is 0 Å². The zero-order valence-electron chi connectivity index (χ0n) is 18.3. The van der Waals surface area contributed by atoms with Crippen molar-refractivity contribution in [2.45, 2.75) is 44.7 Å². The quantitative estimate of drug-likeness (QED) is 0.546. The second-order valence-electron chi connectivity index (χ2n) is 8.38. The van der Waals surface area contributed by atoms with Gasteiger partial charge in [-0.2, -0.15) is 0 Å². The van der Waals surface area contributed by atoms with E-state index in [2.05, 4.69) is 15.6 Å². The normalized spacial score (nSPS) is 15.7. The molecule has 3 aromatic rings. The average Bonchev–Trinajstić information content (AvgIpc) is 3.48. The van der Waals surface area contributed by atoms with Gasteiger partial charge in [-0.1, -0.05) is 42.4 Å². The summed E-state index contributed by atoms with van der Waals surface area (Å²) in [5, 5.41) is 6.48. The van der Waals surface area contributed by atoms with Gasteiger partial charge in [0.2, 0.25) is 0 Å². The number of urea groups is 1. The highest BCUT2D eigenvalue weighted by molar-refractivity contribution is 7.15. The van der Waals surface area contributed by atoms with Crippen LogP contribution in [0.3, 0.4) is 0 Å². The molecule has 5 rings (SSSR count). The first-order valence-electron chi connectivity index (χ1n) is 11.3. The average molecular weight is 463 g/mol. The summed E-state index contributed by atoms with van der Waals surface area (Å²) in [5.74, 6) is 1.42. The van der Waals surface area contributed by atoms with Gasteiger partial charge in [-0.25, -0.2) is 9.78 Å². The van der Waals surface area contributed by atoms with Crippen LogP contribution in [0.15, 0.2) is 54.6 Å². The molecule has 2 N–H and O–H groups in total. The molecule has 0 saturated heterocycles. The topological polar surface area (TPSA) is 83.6 Å². The molecule has 0 unspecified atom stereocenters. The second kappa shape index (κ2) is 9.62. The number of anilines is 1. The third-order valence-corrected chi connectivity index (χ3v) is 7.01. The van der Waals surface area contributed by atoms with E-state index in [9.17, 15) is 9.59 Å². The predicted octanol–water partition coefficient (Wildman–Crippen LogP) is 5.20. The number of hydrogen-bond donors (Lipinski definition) is 2. The van der Waals surface area contributed by atoms with E-state index in [0.717, 1.165) is 29.2 Å². The van der Waals surface area contributed by atoms with E-state index in [0.29, 0.717) is 36.0 Å². The Morgan fingerprint density at radius 3 is 2.48 bits per heavy atom. The van der Waals surface area contributed by atoms with Crippen molar-refractivity contribution in [1.29, 1.82) is 0 Å². The van der Waals surface area contributed by atoms with Gasteiger partial charge < -0.3 is 15.0 Å². The largest absolute Gasteiger partial charge is 0.457 e. The molecule has 3 amide bonds. The number of aromatic nitrogens is 1. The first-order valence-corrected chi connectivity index (χ1v) is 12.1. The SMILES string of the molecule is O=C(Nc1nc2c(s1)CN(C(=O)c1ccc(Oc3ccccc3)cc1)CC2)NC1CCCC1. The molecule has 1 aliphatic carbocycles. The highest BCUT2D eigenvalue weighted by atomic mass is 32.1. The van der Waals surface area contributed by atoms with Crippen LogP contribution in [0, 0.1) is 0 Å². The fourth-order valence-electron chi connectivity index (χ4n) is 4.28. The summed E-state index contributed by atoms with van der Waals surface area (Å²) in [6.07, 6.45) is 5.10. The predicted molar refractivity (Wildman–Crippen MR) is 128 cm³/mol. The molecule has 8 heteroatoms. The van der Waals surface area contributed by atoms with Gasteiger partial charge in [0.1, 0.15) is 11.5 Å². The zero-order chi connectivity index (χ0) is 22.6. The maximum absolute atomic E-state index is 13.0. The fourth-order valence-corrected chi connectivity index (χ4v) is 5.30. The molecular formula is C25H26N4O3S. The van der Waals surface area contributed by atoms with Gasteiger partial charge >= 0.3 is 6.03 Å². The molecule has 1 aliphatic heterocycles. The summed E-state index contributed by atoms with van der Waals surface area (Å²) in [4.78, 5) is 32.7. The Bertz CT molecular complexity index is 1120. The van der Waals surface area contributed by atoms with E-state index in [-0.39, 0.29) is 18.0 Å². The van der Waals surface area contributed by atoms with E-state index >= 15 is 0 Å². The Labute approximate surface area is 196 Å². The molecule has 0 spiro atoms. The number of ether oxygens (including phenoxy) is 1. The maximum Gasteiger partial charge on any atom is 0.321 e. The first kappa shape index (κ1) is 21.5. The minimum Gasteiger partial charge on any atom is -0.457 e. The molecule has 33 heavy (non-hydrogen) atoms. The molecule has 1 fully saturated rings. The number of nitrogens with one attached hydrogen (secondary N) is 2. The number of rotatable bonds is 5. The van der Waals surface area contributed by atoms with Crippen molar-refractivity contribution in [2.24, 2.45) is 0 Å². The molecule has 1 saturated carbocycles. The number of hydrogen-bond acceptors (Lipinski definition) is 5. The van der Waals surface area contributed by atoms with Crippen LogP contribution in [0.4, 0.5) is 9.93 Å². The van der Waals surface area contributed by atoms with Gasteiger partial charge in [-0.3, -0.25) is 10.1 Å². The van der Waals surface area contributed by atoms with Crippen LogP contribution in [-0.4, -0.2) is 34.4 Å². The van der Waals surface area contributed by atoms with E-state index < -0.39 is 0 Å². The standard InChI is InChI=1S/C25H26N4O3S/c30-23(17-10-12-20(13-11-17)32-19-8-2-1-3-9-19)29-15-14-21-22(16-29)33-25(27-21)28-24(31)26-18-6-4-5-7-18/h1-3,8-13,18H,4-7,14-16H2,(H2,26,27,28,31).